The third-order valence-corrected chi connectivity index (χ3v) is 2.14. The lowest BCUT2D eigenvalue weighted by molar-refractivity contribution is 0.107. The smallest absolute Gasteiger partial charge is 0.410 e. The van der Waals surface area contributed by atoms with Crippen molar-refractivity contribution >= 4 is 6.09 Å². The maximum Gasteiger partial charge on any atom is 0.412 e. The van der Waals surface area contributed by atoms with E-state index in [1.54, 1.807) is 12.1 Å². The van der Waals surface area contributed by atoms with Crippen molar-refractivity contribution in [1.29, 1.82) is 0 Å². The van der Waals surface area contributed by atoms with Crippen LogP contribution in [0.5, 0.6) is 5.75 Å². The summed E-state index contributed by atoms with van der Waals surface area (Å²) in [5.74, 6) is 1.09. The minimum atomic E-state index is -0.426. The number of rotatable bonds is 7. The molecule has 0 bridgehead atoms. The van der Waals surface area contributed by atoms with Crippen LogP contribution in [-0.4, -0.2) is 25.9 Å². The number of hydrogen-bond donors (Lipinski definition) is 1. The molecule has 0 saturated carbocycles. The molecule has 18 heavy (non-hydrogen) atoms. The maximum absolute atomic E-state index is 11.4. The van der Waals surface area contributed by atoms with Gasteiger partial charge in [-0.25, -0.2) is 4.79 Å². The van der Waals surface area contributed by atoms with Crippen LogP contribution in [-0.2, 0) is 4.74 Å². The van der Waals surface area contributed by atoms with Crippen LogP contribution in [0.3, 0.4) is 0 Å². The van der Waals surface area contributed by atoms with Crippen molar-refractivity contribution in [1.82, 2.24) is 5.32 Å². The highest BCUT2D eigenvalue weighted by atomic mass is 16.6. The van der Waals surface area contributed by atoms with E-state index in [0.29, 0.717) is 24.8 Å². The van der Waals surface area contributed by atoms with Gasteiger partial charge in [-0.1, -0.05) is 32.0 Å². The van der Waals surface area contributed by atoms with Gasteiger partial charge in [-0.05, 0) is 24.5 Å². The highest BCUT2D eigenvalue weighted by molar-refractivity contribution is 5.70. The standard InChI is InChI=1S/C14H21NO3/c1-12(2)11-17-10-6-9-15-14(16)18-13-7-4-3-5-8-13/h3-5,7-8,12H,6,9-11H2,1-2H3,(H,15,16). The van der Waals surface area contributed by atoms with Crippen LogP contribution < -0.4 is 10.1 Å². The first-order valence-electron chi connectivity index (χ1n) is 6.27. The number of para-hydroxylation sites is 1. The number of nitrogens with one attached hydrogen (secondary N) is 1. The molecule has 1 amide bonds. The lowest BCUT2D eigenvalue weighted by Crippen LogP contribution is -2.28. The quantitative estimate of drug-likeness (QED) is 0.758. The zero-order valence-electron chi connectivity index (χ0n) is 11.0. The van der Waals surface area contributed by atoms with Gasteiger partial charge in [0.05, 0.1) is 0 Å². The number of benzene rings is 1. The van der Waals surface area contributed by atoms with Gasteiger partial charge in [0.25, 0.3) is 0 Å². The molecule has 0 spiro atoms. The summed E-state index contributed by atoms with van der Waals surface area (Å²) < 4.78 is 10.5. The molecule has 0 atom stereocenters. The van der Waals surface area contributed by atoms with E-state index < -0.39 is 6.09 Å². The Morgan fingerprint density at radius 2 is 2.00 bits per heavy atom. The highest BCUT2D eigenvalue weighted by Gasteiger charge is 2.02. The summed E-state index contributed by atoms with van der Waals surface area (Å²) in [5.41, 5.74) is 0. The number of amides is 1. The second-order valence-electron chi connectivity index (χ2n) is 4.45. The average molecular weight is 251 g/mol. The summed E-state index contributed by atoms with van der Waals surface area (Å²) in [6.45, 7) is 6.19. The predicted octanol–water partition coefficient (Wildman–Crippen LogP) is 2.84. The fraction of sp³-hybridized carbons (Fsp3) is 0.500. The van der Waals surface area contributed by atoms with Crippen LogP contribution in [0.25, 0.3) is 0 Å². The molecule has 0 unspecified atom stereocenters. The molecule has 0 aliphatic heterocycles. The number of carbonyl (C=O) groups is 1. The first kappa shape index (κ1) is 14.5. The minimum absolute atomic E-state index is 0.426. The van der Waals surface area contributed by atoms with E-state index in [1.807, 2.05) is 18.2 Å². The first-order chi connectivity index (χ1) is 8.68. The molecule has 0 heterocycles. The Balaban J connectivity index is 2.04. The largest absolute Gasteiger partial charge is 0.412 e. The first-order valence-corrected chi connectivity index (χ1v) is 6.27. The molecular weight excluding hydrogens is 230 g/mol. The van der Waals surface area contributed by atoms with Crippen LogP contribution >= 0.6 is 0 Å². The number of carbonyl (C=O) groups excluding carboxylic acids is 1. The van der Waals surface area contributed by atoms with E-state index >= 15 is 0 Å². The predicted molar refractivity (Wildman–Crippen MR) is 70.7 cm³/mol. The number of ether oxygens (including phenoxy) is 2. The van der Waals surface area contributed by atoms with Crippen molar-refractivity contribution in [2.75, 3.05) is 19.8 Å². The molecule has 0 radical (unpaired) electrons. The van der Waals surface area contributed by atoms with Crippen molar-refractivity contribution in [2.24, 2.45) is 5.92 Å². The van der Waals surface area contributed by atoms with E-state index in [0.717, 1.165) is 13.0 Å². The van der Waals surface area contributed by atoms with Crippen molar-refractivity contribution in [2.45, 2.75) is 20.3 Å². The van der Waals surface area contributed by atoms with Crippen molar-refractivity contribution in [3.8, 4) is 5.75 Å². The van der Waals surface area contributed by atoms with Crippen LogP contribution in [0.2, 0.25) is 0 Å². The highest BCUT2D eigenvalue weighted by Crippen LogP contribution is 2.07. The van der Waals surface area contributed by atoms with Gasteiger partial charge in [0, 0.05) is 19.8 Å². The SMILES string of the molecule is CC(C)COCCCNC(=O)Oc1ccccc1. The third kappa shape index (κ3) is 6.91. The van der Waals surface area contributed by atoms with Gasteiger partial charge >= 0.3 is 6.09 Å². The van der Waals surface area contributed by atoms with Crippen molar-refractivity contribution < 1.29 is 14.3 Å². The van der Waals surface area contributed by atoms with Gasteiger partial charge in [-0.3, -0.25) is 0 Å². The molecule has 1 aromatic rings. The lowest BCUT2D eigenvalue weighted by Gasteiger charge is -2.08. The molecular formula is C14H21NO3. The maximum atomic E-state index is 11.4. The van der Waals surface area contributed by atoms with Gasteiger partial charge < -0.3 is 14.8 Å². The van der Waals surface area contributed by atoms with E-state index in [2.05, 4.69) is 19.2 Å². The Morgan fingerprint density at radius 1 is 1.28 bits per heavy atom. The molecule has 1 aromatic carbocycles. The summed E-state index contributed by atoms with van der Waals surface area (Å²) in [4.78, 5) is 11.4. The van der Waals surface area contributed by atoms with Gasteiger partial charge in [-0.15, -0.1) is 0 Å². The Kier molecular flexibility index (Phi) is 6.87. The minimum Gasteiger partial charge on any atom is -0.410 e. The second kappa shape index (κ2) is 8.53. The normalized spacial score (nSPS) is 10.4. The van der Waals surface area contributed by atoms with Crippen LogP contribution in [0, 0.1) is 5.92 Å². The van der Waals surface area contributed by atoms with E-state index in [9.17, 15) is 4.79 Å². The molecule has 0 aliphatic rings. The molecule has 0 aromatic heterocycles. The lowest BCUT2D eigenvalue weighted by atomic mass is 10.2. The molecule has 4 nitrogen and oxygen atoms in total. The van der Waals surface area contributed by atoms with Gasteiger partial charge in [0.1, 0.15) is 5.75 Å². The Morgan fingerprint density at radius 3 is 2.67 bits per heavy atom. The Hall–Kier alpha value is -1.55. The van der Waals surface area contributed by atoms with Crippen LogP contribution in [0.1, 0.15) is 20.3 Å². The monoisotopic (exact) mass is 251 g/mol. The zero-order valence-corrected chi connectivity index (χ0v) is 11.0. The summed E-state index contributed by atoms with van der Waals surface area (Å²) in [6.07, 6.45) is 0.362. The summed E-state index contributed by atoms with van der Waals surface area (Å²) >= 11 is 0. The van der Waals surface area contributed by atoms with Crippen molar-refractivity contribution in [3.63, 3.8) is 0 Å². The van der Waals surface area contributed by atoms with E-state index in [-0.39, 0.29) is 0 Å². The molecule has 100 valence electrons. The molecule has 1 N–H and O–H groups in total. The third-order valence-electron chi connectivity index (χ3n) is 2.14. The van der Waals surface area contributed by atoms with Crippen LogP contribution in [0.15, 0.2) is 30.3 Å². The van der Waals surface area contributed by atoms with Gasteiger partial charge in [0.15, 0.2) is 0 Å². The topological polar surface area (TPSA) is 47.6 Å². The molecule has 1 rings (SSSR count). The Labute approximate surface area is 108 Å². The fourth-order valence-corrected chi connectivity index (χ4v) is 1.32. The number of hydrogen-bond acceptors (Lipinski definition) is 3. The molecule has 0 saturated heterocycles. The Bertz CT molecular complexity index is 338. The molecule has 0 aliphatic carbocycles. The van der Waals surface area contributed by atoms with E-state index in [1.165, 1.54) is 0 Å². The summed E-state index contributed by atoms with van der Waals surface area (Å²) in [7, 11) is 0. The summed E-state index contributed by atoms with van der Waals surface area (Å²) in [5, 5.41) is 2.68. The zero-order chi connectivity index (χ0) is 13.2. The second-order valence-corrected chi connectivity index (χ2v) is 4.45. The van der Waals surface area contributed by atoms with Crippen molar-refractivity contribution in [3.05, 3.63) is 30.3 Å². The van der Waals surface area contributed by atoms with Crippen LogP contribution in [0.4, 0.5) is 4.79 Å². The van der Waals surface area contributed by atoms with Gasteiger partial charge in [0.2, 0.25) is 0 Å². The fourth-order valence-electron chi connectivity index (χ4n) is 1.32. The molecule has 0 fully saturated rings. The summed E-state index contributed by atoms with van der Waals surface area (Å²) in [6, 6.07) is 9.00. The van der Waals surface area contributed by atoms with Gasteiger partial charge in [-0.2, -0.15) is 0 Å². The van der Waals surface area contributed by atoms with E-state index in [4.69, 9.17) is 9.47 Å². The average Bonchev–Trinajstić information content (AvgIpc) is 2.34. The molecule has 4 heteroatoms.